The molecule has 0 aromatic heterocycles. The van der Waals surface area contributed by atoms with Gasteiger partial charge >= 0.3 is 5.97 Å². The molecular weight excluding hydrogens is 942 g/mol. The first-order valence-corrected chi connectivity index (χ1v) is 25.0. The number of rotatable bonds is 17. The van der Waals surface area contributed by atoms with Gasteiger partial charge in [0.2, 0.25) is 28.7 Å². The number of benzene rings is 2. The summed E-state index contributed by atoms with van der Waals surface area (Å²) in [7, 11) is 0. The van der Waals surface area contributed by atoms with E-state index >= 15 is 8.78 Å². The Bertz CT molecular complexity index is 2450. The minimum absolute atomic E-state index is 0.0173. The van der Waals surface area contributed by atoms with Crippen LogP contribution in [0.15, 0.2) is 72.3 Å². The van der Waals surface area contributed by atoms with Gasteiger partial charge in [0, 0.05) is 41.0 Å². The molecule has 5 aliphatic rings. The maximum atomic E-state index is 17.8. The molecule has 1 unspecified atom stereocenters. The summed E-state index contributed by atoms with van der Waals surface area (Å²) in [4.78, 5) is 87.9. The lowest BCUT2D eigenvalue weighted by Crippen LogP contribution is -2.70. The molecule has 4 amide bonds. The van der Waals surface area contributed by atoms with E-state index in [1.807, 2.05) is 18.2 Å². The van der Waals surface area contributed by atoms with E-state index in [4.69, 9.17) is 14.6 Å². The standard InChI is InChI=1S/C49H57F3N4O11S2/c1-25(54-39(59)14-16-53-43(64)36(68-5)22-40(60)61)41(62)55-26(2)42(63)56-30-8-6-7-28(18-30)17-27-9-11-29(12-10-27)44-66-38-21-32-33-20-35(51)34-19-31(57)13-15-46(34,3)48(33,52)37(58)23-47(32,4)49(38,67-44)45(65)69-24-50/h6-13,15,18-19,25-26,32-33,35-38,44,58H,14,16-17,20-24H2,1-5H3,(H,53,64)(H,54,59)(H,55,62)(H,56,63)(H,60,61)/t25-,26-,32-,33-,35-,36?,37-,38+,44+,46-,47-,48-,49-/m0/s1. The Morgan fingerprint density at radius 2 is 1.65 bits per heavy atom. The minimum atomic E-state index is -2.38. The quantitative estimate of drug-likeness (QED) is 0.120. The van der Waals surface area contributed by atoms with E-state index in [9.17, 15) is 43.1 Å². The number of aliphatic carboxylic acids is 1. The van der Waals surface area contributed by atoms with Gasteiger partial charge in [-0.3, -0.25) is 33.6 Å². The number of hydrogen-bond donors (Lipinski definition) is 6. The number of halogens is 3. The predicted octanol–water partition coefficient (Wildman–Crippen LogP) is 5.21. The van der Waals surface area contributed by atoms with Crippen LogP contribution in [-0.4, -0.2) is 116 Å². The molecule has 0 spiro atoms. The van der Waals surface area contributed by atoms with Gasteiger partial charge in [0.25, 0.3) is 0 Å². The van der Waals surface area contributed by atoms with Crippen LogP contribution < -0.4 is 21.3 Å². The van der Waals surface area contributed by atoms with Gasteiger partial charge in [0.1, 0.15) is 24.3 Å². The second-order valence-corrected chi connectivity index (χ2v) is 20.9. The number of hydrogen-bond acceptors (Lipinski definition) is 12. The van der Waals surface area contributed by atoms with Crippen molar-refractivity contribution in [2.45, 2.75) is 119 Å². The minimum Gasteiger partial charge on any atom is -0.481 e. The second-order valence-electron chi connectivity index (χ2n) is 18.9. The van der Waals surface area contributed by atoms with Crippen LogP contribution in [0.5, 0.6) is 0 Å². The second kappa shape index (κ2) is 20.4. The number of carboxylic acids is 1. The number of ether oxygens (including phenoxy) is 2. The summed E-state index contributed by atoms with van der Waals surface area (Å²) in [6, 6.07) is 11.2. The van der Waals surface area contributed by atoms with E-state index in [0.29, 0.717) is 29.4 Å². The summed E-state index contributed by atoms with van der Waals surface area (Å²) in [5.74, 6) is -5.56. The number of nitrogens with one attached hydrogen (secondary N) is 4. The summed E-state index contributed by atoms with van der Waals surface area (Å²) in [5.41, 5.74) is -4.40. The number of carbonyl (C=O) groups excluding carboxylic acids is 6. The fraction of sp³-hybridized carbons (Fsp3) is 0.531. The van der Waals surface area contributed by atoms with E-state index in [1.54, 1.807) is 43.5 Å². The van der Waals surface area contributed by atoms with Crippen LogP contribution in [0.25, 0.3) is 0 Å². The van der Waals surface area contributed by atoms with Crippen LogP contribution in [0, 0.1) is 22.7 Å². The molecule has 0 radical (unpaired) electrons. The monoisotopic (exact) mass is 998 g/mol. The van der Waals surface area contributed by atoms with Gasteiger partial charge in [-0.2, -0.15) is 11.8 Å². The lowest BCUT2D eigenvalue weighted by atomic mass is 9.44. The number of ketones is 1. The maximum absolute atomic E-state index is 17.8. The summed E-state index contributed by atoms with van der Waals surface area (Å²) in [6.07, 6.45) is -0.724. The van der Waals surface area contributed by atoms with Gasteiger partial charge in [0.15, 0.2) is 23.3 Å². The van der Waals surface area contributed by atoms with Gasteiger partial charge in [-0.05, 0) is 99.6 Å². The van der Waals surface area contributed by atoms with Crippen LogP contribution >= 0.6 is 23.5 Å². The number of aliphatic hydroxyl groups is 1. The lowest BCUT2D eigenvalue weighted by molar-refractivity contribution is -0.232. The van der Waals surface area contributed by atoms with Crippen molar-refractivity contribution < 1.29 is 66.4 Å². The van der Waals surface area contributed by atoms with Gasteiger partial charge in [-0.1, -0.05) is 61.2 Å². The number of alkyl halides is 3. The fourth-order valence-corrected chi connectivity index (χ4v) is 12.6. The van der Waals surface area contributed by atoms with Gasteiger partial charge < -0.3 is 41.0 Å². The molecule has 2 aromatic carbocycles. The highest BCUT2D eigenvalue weighted by atomic mass is 32.2. The van der Waals surface area contributed by atoms with E-state index in [0.717, 1.165) is 29.0 Å². The number of anilines is 1. The van der Waals surface area contributed by atoms with Gasteiger partial charge in [0.05, 0.1) is 23.9 Å². The number of carboxylic acid groups (broad SMARTS) is 1. The van der Waals surface area contributed by atoms with Crippen LogP contribution in [-0.2, 0) is 49.5 Å². The third-order valence-electron chi connectivity index (χ3n) is 14.8. The highest BCUT2D eigenvalue weighted by molar-refractivity contribution is 8.13. The Balaban J connectivity index is 0.951. The highest BCUT2D eigenvalue weighted by Crippen LogP contribution is 2.73. The molecule has 6 N–H and O–H groups in total. The molecule has 372 valence electrons. The normalized spacial score (nSPS) is 32.2. The molecule has 13 atom stereocenters. The highest BCUT2D eigenvalue weighted by Gasteiger charge is 2.80. The molecule has 69 heavy (non-hydrogen) atoms. The summed E-state index contributed by atoms with van der Waals surface area (Å²) in [5, 5.41) is 29.7. The zero-order chi connectivity index (χ0) is 50.2. The summed E-state index contributed by atoms with van der Waals surface area (Å²) in [6.45, 7) is 6.08. The third kappa shape index (κ3) is 9.63. The van der Waals surface area contributed by atoms with Gasteiger partial charge in [-0.15, -0.1) is 0 Å². The molecule has 15 nitrogen and oxygen atoms in total. The Morgan fingerprint density at radius 3 is 2.33 bits per heavy atom. The van der Waals surface area contributed by atoms with E-state index in [2.05, 4.69) is 21.3 Å². The number of carbonyl (C=O) groups is 7. The van der Waals surface area contributed by atoms with Crippen molar-refractivity contribution >= 4 is 69.7 Å². The molecule has 1 heterocycles. The number of allylic oxidation sites excluding steroid dienone is 4. The van der Waals surface area contributed by atoms with Crippen molar-refractivity contribution in [2.75, 3.05) is 24.1 Å². The first-order chi connectivity index (χ1) is 32.6. The SMILES string of the molecule is CSC(CC(=O)O)C(=O)NCCC(=O)N[C@@H](C)C(=O)N[C@@H](C)C(=O)Nc1cccc(Cc2ccc([C@@H]3O[C@@H]4C[C@H]5[C@@H]6C[C@H](F)C7=CC(=O)C=C[C@]7(C)[C@@]6(F)[C@@H](O)C[C@]5(C)[C@]4(C(=O)SCF)O3)cc2)c1. The van der Waals surface area contributed by atoms with E-state index < -0.39 is 122 Å². The molecule has 1 aliphatic heterocycles. The zero-order valence-electron chi connectivity index (χ0n) is 38.7. The van der Waals surface area contributed by atoms with Crippen LogP contribution in [0.1, 0.15) is 82.8 Å². The van der Waals surface area contributed by atoms with Crippen LogP contribution in [0.4, 0.5) is 18.9 Å². The molecule has 4 fully saturated rings. The first-order valence-electron chi connectivity index (χ1n) is 22.7. The molecule has 1 saturated heterocycles. The Kier molecular flexibility index (Phi) is 15.3. The smallest absolute Gasteiger partial charge is 0.305 e. The summed E-state index contributed by atoms with van der Waals surface area (Å²) >= 11 is 1.49. The fourth-order valence-electron chi connectivity index (χ4n) is 11.3. The Morgan fingerprint density at radius 1 is 0.942 bits per heavy atom. The molecular formula is C49H57F3N4O11S2. The van der Waals surface area contributed by atoms with E-state index in [1.165, 1.54) is 32.9 Å². The molecule has 7 rings (SSSR count). The average Bonchev–Trinajstić information content (AvgIpc) is 3.80. The van der Waals surface area contributed by atoms with Crippen molar-refractivity contribution in [2.24, 2.45) is 22.7 Å². The lowest BCUT2D eigenvalue weighted by Gasteiger charge is -2.63. The zero-order valence-corrected chi connectivity index (χ0v) is 40.4. The Labute approximate surface area is 405 Å². The maximum Gasteiger partial charge on any atom is 0.305 e. The predicted molar refractivity (Wildman–Crippen MR) is 251 cm³/mol. The van der Waals surface area contributed by atoms with Crippen LogP contribution in [0.2, 0.25) is 0 Å². The topological polar surface area (TPSA) is 227 Å². The van der Waals surface area contributed by atoms with Crippen molar-refractivity contribution in [3.8, 4) is 0 Å². The largest absolute Gasteiger partial charge is 0.481 e. The average molecular weight is 999 g/mol. The van der Waals surface area contributed by atoms with E-state index in [-0.39, 0.29) is 44.2 Å². The molecule has 0 bridgehead atoms. The third-order valence-corrected chi connectivity index (χ3v) is 16.4. The molecule has 20 heteroatoms. The van der Waals surface area contributed by atoms with Crippen molar-refractivity contribution in [3.05, 3.63) is 89.0 Å². The molecule has 4 aliphatic carbocycles. The number of thioether (sulfide) groups is 2. The number of aliphatic hydroxyl groups excluding tert-OH is 1. The first kappa shape index (κ1) is 51.8. The van der Waals surface area contributed by atoms with Crippen LogP contribution in [0.3, 0.4) is 0 Å². The number of amides is 4. The molecule has 2 aromatic rings. The Hall–Kier alpha value is -5.02. The van der Waals surface area contributed by atoms with Crippen molar-refractivity contribution in [1.82, 2.24) is 16.0 Å². The van der Waals surface area contributed by atoms with Crippen molar-refractivity contribution in [3.63, 3.8) is 0 Å². The van der Waals surface area contributed by atoms with Crippen molar-refractivity contribution in [1.29, 1.82) is 0 Å². The molecule has 3 saturated carbocycles. The summed E-state index contributed by atoms with van der Waals surface area (Å²) < 4.78 is 60.9. The number of fused-ring (bicyclic) bond motifs is 7. The van der Waals surface area contributed by atoms with Gasteiger partial charge in [-0.25, -0.2) is 13.2 Å².